The molecule has 4 rings (SSSR count). The van der Waals surface area contributed by atoms with E-state index in [0.717, 1.165) is 41.5 Å². The summed E-state index contributed by atoms with van der Waals surface area (Å²) in [6.07, 6.45) is 17.7. The lowest BCUT2D eigenvalue weighted by atomic mass is 9.88. The first-order valence-corrected chi connectivity index (χ1v) is 11.1. The second-order valence-electron chi connectivity index (χ2n) is 8.12. The number of rotatable bonds is 4. The number of hydrogen-bond donors (Lipinski definition) is 1. The van der Waals surface area contributed by atoms with Crippen LogP contribution in [0.3, 0.4) is 0 Å². The molecule has 2 aromatic rings. The molecule has 4 nitrogen and oxygen atoms in total. The molecule has 0 aromatic carbocycles. The summed E-state index contributed by atoms with van der Waals surface area (Å²) >= 11 is 0. The van der Waals surface area contributed by atoms with Crippen LogP contribution in [-0.4, -0.2) is 17.8 Å². The monoisotopic (exact) mass is 392 g/mol. The highest BCUT2D eigenvalue weighted by Gasteiger charge is 2.23. The number of fused-ring (bicyclic) bond motifs is 1. The fourth-order valence-corrected chi connectivity index (χ4v) is 4.45. The minimum absolute atomic E-state index is 0.561. The van der Waals surface area contributed by atoms with Crippen molar-refractivity contribution < 1.29 is 9.15 Å². The summed E-state index contributed by atoms with van der Waals surface area (Å²) < 4.78 is 11.8. The first-order chi connectivity index (χ1) is 14.3. The normalized spacial score (nSPS) is 22.0. The highest BCUT2D eigenvalue weighted by atomic mass is 16.5. The van der Waals surface area contributed by atoms with Gasteiger partial charge in [-0.25, -0.2) is 0 Å². The first-order valence-electron chi connectivity index (χ1n) is 11.1. The van der Waals surface area contributed by atoms with Crippen LogP contribution in [0, 0.1) is 5.92 Å². The van der Waals surface area contributed by atoms with E-state index in [1.165, 1.54) is 56.2 Å². The average molecular weight is 393 g/mol. The van der Waals surface area contributed by atoms with Crippen LogP contribution in [0.4, 0.5) is 0 Å². The van der Waals surface area contributed by atoms with Gasteiger partial charge in [0.1, 0.15) is 0 Å². The fourth-order valence-electron chi connectivity index (χ4n) is 4.45. The van der Waals surface area contributed by atoms with Crippen molar-refractivity contribution in [3.05, 3.63) is 47.5 Å². The van der Waals surface area contributed by atoms with E-state index in [0.29, 0.717) is 5.92 Å². The standard InChI is InChI=1S/C25H32N2O2/c1-3-18-11-8-6-4-5-7-9-12-19-15-20(18)22(27-19)16-25-24(28-2)17-23(29-25)21-13-10-14-26-21/h10,13-18,26H,3-9,11-12H2,1-2H3/b22-16-. The Morgan fingerprint density at radius 2 is 2.03 bits per heavy atom. The number of hydrogen-bond acceptors (Lipinski definition) is 3. The van der Waals surface area contributed by atoms with Gasteiger partial charge in [-0.2, -0.15) is 0 Å². The third-order valence-electron chi connectivity index (χ3n) is 6.13. The molecule has 0 spiro atoms. The Morgan fingerprint density at radius 1 is 1.21 bits per heavy atom. The van der Waals surface area contributed by atoms with Crippen LogP contribution in [0.15, 0.2) is 51.2 Å². The Morgan fingerprint density at radius 3 is 2.79 bits per heavy atom. The molecule has 29 heavy (non-hydrogen) atoms. The fraction of sp³-hybridized carbons (Fsp3) is 0.480. The largest absolute Gasteiger partial charge is 0.493 e. The van der Waals surface area contributed by atoms with E-state index >= 15 is 0 Å². The summed E-state index contributed by atoms with van der Waals surface area (Å²) in [5.74, 6) is 2.83. The first kappa shape index (κ1) is 19.8. The number of furan rings is 1. The van der Waals surface area contributed by atoms with Crippen LogP contribution in [-0.2, 0) is 0 Å². The van der Waals surface area contributed by atoms with E-state index in [1.807, 2.05) is 24.4 Å². The lowest BCUT2D eigenvalue weighted by molar-refractivity contribution is 0.404. The van der Waals surface area contributed by atoms with Crippen molar-refractivity contribution in [1.82, 2.24) is 4.98 Å². The number of methoxy groups -OCH3 is 1. The van der Waals surface area contributed by atoms with Gasteiger partial charge in [0.15, 0.2) is 17.3 Å². The summed E-state index contributed by atoms with van der Waals surface area (Å²) in [5, 5.41) is 0. The van der Waals surface area contributed by atoms with Crippen molar-refractivity contribution in [2.24, 2.45) is 10.9 Å². The molecule has 0 radical (unpaired) electrons. The minimum atomic E-state index is 0.561. The predicted molar refractivity (Wildman–Crippen MR) is 119 cm³/mol. The van der Waals surface area contributed by atoms with Gasteiger partial charge in [-0.15, -0.1) is 0 Å². The van der Waals surface area contributed by atoms with E-state index in [-0.39, 0.29) is 0 Å². The molecule has 3 heterocycles. The highest BCUT2D eigenvalue weighted by Crippen LogP contribution is 2.37. The van der Waals surface area contributed by atoms with Crippen molar-refractivity contribution in [2.45, 2.75) is 64.7 Å². The maximum atomic E-state index is 6.15. The SMILES string of the molecule is CCC1CCCCCCCCC2=N/C(=C\c3oc(-c4ccc[nH]4)cc3OC)C1=C2. The molecule has 1 atom stereocenters. The predicted octanol–water partition coefficient (Wildman–Crippen LogP) is 7.17. The minimum Gasteiger partial charge on any atom is -0.493 e. The topological polar surface area (TPSA) is 50.5 Å². The van der Waals surface area contributed by atoms with Crippen LogP contribution in [0.2, 0.25) is 0 Å². The van der Waals surface area contributed by atoms with Crippen LogP contribution in [0.1, 0.15) is 70.5 Å². The van der Waals surface area contributed by atoms with E-state index in [4.69, 9.17) is 14.1 Å². The molecule has 2 aliphatic rings. The summed E-state index contributed by atoms with van der Waals surface area (Å²) in [6.45, 7) is 2.30. The Kier molecular flexibility index (Phi) is 6.38. The van der Waals surface area contributed by atoms with Gasteiger partial charge in [0.2, 0.25) is 0 Å². The zero-order valence-corrected chi connectivity index (χ0v) is 17.7. The Labute approximate surface area is 173 Å². The van der Waals surface area contributed by atoms with Gasteiger partial charge < -0.3 is 14.1 Å². The Hall–Kier alpha value is -2.49. The van der Waals surface area contributed by atoms with Gasteiger partial charge in [-0.05, 0) is 55.4 Å². The molecule has 0 amide bonds. The molecular formula is C25H32N2O2. The van der Waals surface area contributed by atoms with Crippen molar-refractivity contribution in [1.29, 1.82) is 0 Å². The molecule has 0 saturated carbocycles. The molecule has 2 aromatic heterocycles. The van der Waals surface area contributed by atoms with E-state index in [9.17, 15) is 0 Å². The van der Waals surface area contributed by atoms with Gasteiger partial charge in [-0.3, -0.25) is 4.99 Å². The maximum Gasteiger partial charge on any atom is 0.171 e. The molecule has 2 bridgehead atoms. The number of nitrogens with zero attached hydrogens (tertiary/aromatic N) is 1. The van der Waals surface area contributed by atoms with Gasteiger partial charge in [0.05, 0.1) is 18.5 Å². The van der Waals surface area contributed by atoms with Crippen molar-refractivity contribution in [3.8, 4) is 17.2 Å². The molecule has 0 saturated heterocycles. The quantitative estimate of drug-likeness (QED) is 0.600. The van der Waals surface area contributed by atoms with Gasteiger partial charge >= 0.3 is 0 Å². The third kappa shape index (κ3) is 4.58. The van der Waals surface area contributed by atoms with Crippen LogP contribution < -0.4 is 4.74 Å². The lowest BCUT2D eigenvalue weighted by Gasteiger charge is -2.17. The highest BCUT2D eigenvalue weighted by molar-refractivity contribution is 6.00. The second kappa shape index (κ2) is 9.34. The number of aromatic nitrogens is 1. The second-order valence-corrected chi connectivity index (χ2v) is 8.12. The van der Waals surface area contributed by atoms with E-state index < -0.39 is 0 Å². The van der Waals surface area contributed by atoms with E-state index in [1.54, 1.807) is 7.11 Å². The number of nitrogens with one attached hydrogen (secondary N) is 1. The summed E-state index contributed by atoms with van der Waals surface area (Å²) in [6, 6.07) is 5.91. The third-order valence-corrected chi connectivity index (χ3v) is 6.13. The van der Waals surface area contributed by atoms with Gasteiger partial charge in [0, 0.05) is 24.1 Å². The van der Waals surface area contributed by atoms with Crippen LogP contribution in [0.5, 0.6) is 5.75 Å². The molecule has 4 heteroatoms. The number of allylic oxidation sites excluding steroid dienone is 2. The molecule has 1 unspecified atom stereocenters. The zero-order valence-electron chi connectivity index (χ0n) is 17.7. The van der Waals surface area contributed by atoms with Crippen molar-refractivity contribution in [3.63, 3.8) is 0 Å². The summed E-state index contributed by atoms with van der Waals surface area (Å²) in [4.78, 5) is 8.22. The number of aliphatic imine (C=N–C) groups is 1. The molecule has 154 valence electrons. The summed E-state index contributed by atoms with van der Waals surface area (Å²) in [7, 11) is 1.69. The summed E-state index contributed by atoms with van der Waals surface area (Å²) in [5.41, 5.74) is 4.60. The van der Waals surface area contributed by atoms with Gasteiger partial charge in [0.25, 0.3) is 0 Å². The number of aromatic amines is 1. The van der Waals surface area contributed by atoms with Crippen LogP contribution in [0.25, 0.3) is 17.5 Å². The Bertz CT molecular complexity index is 899. The van der Waals surface area contributed by atoms with Crippen molar-refractivity contribution >= 4 is 11.8 Å². The number of H-pyrrole nitrogens is 1. The molecule has 0 fully saturated rings. The zero-order chi connectivity index (χ0) is 20.1. The number of ether oxygens (including phenoxy) is 1. The van der Waals surface area contributed by atoms with Crippen LogP contribution >= 0.6 is 0 Å². The smallest absolute Gasteiger partial charge is 0.171 e. The maximum absolute atomic E-state index is 6.15. The van der Waals surface area contributed by atoms with Gasteiger partial charge in [-0.1, -0.05) is 39.0 Å². The average Bonchev–Trinajstić information content (AvgIpc) is 3.46. The lowest BCUT2D eigenvalue weighted by Crippen LogP contribution is -2.04. The molecule has 1 N–H and O–H groups in total. The molecular weight excluding hydrogens is 360 g/mol. The van der Waals surface area contributed by atoms with Crippen molar-refractivity contribution in [2.75, 3.05) is 7.11 Å². The van der Waals surface area contributed by atoms with E-state index in [2.05, 4.69) is 24.1 Å². The Balaban J connectivity index is 1.68. The molecule has 1 aliphatic carbocycles. The molecule has 1 aliphatic heterocycles.